The topological polar surface area (TPSA) is 21.3 Å². The summed E-state index contributed by atoms with van der Waals surface area (Å²) in [6.45, 7) is 5.01. The molecule has 0 aromatic heterocycles. The minimum absolute atomic E-state index is 0.223. The Hall–Kier alpha value is -0.860. The van der Waals surface area contributed by atoms with Crippen molar-refractivity contribution in [2.45, 2.75) is 12.3 Å². The van der Waals surface area contributed by atoms with Crippen molar-refractivity contribution >= 4 is 0 Å². The molecule has 0 spiro atoms. The van der Waals surface area contributed by atoms with Crippen LogP contribution in [0.2, 0.25) is 0 Å². The van der Waals surface area contributed by atoms with Crippen molar-refractivity contribution in [3.05, 3.63) is 35.4 Å². The van der Waals surface area contributed by atoms with Gasteiger partial charge in [-0.25, -0.2) is 0 Å². The summed E-state index contributed by atoms with van der Waals surface area (Å²) >= 11 is 0. The van der Waals surface area contributed by atoms with Gasteiger partial charge in [0, 0.05) is 25.6 Å². The molecule has 0 unspecified atom stereocenters. The van der Waals surface area contributed by atoms with Crippen molar-refractivity contribution in [1.29, 1.82) is 0 Å². The second kappa shape index (κ2) is 3.71. The molecule has 1 aromatic carbocycles. The first kappa shape index (κ1) is 9.69. The quantitative estimate of drug-likeness (QED) is 0.781. The lowest BCUT2D eigenvalue weighted by atomic mass is 9.75. The third-order valence-electron chi connectivity index (χ3n) is 2.98. The van der Waals surface area contributed by atoms with Gasteiger partial charge in [-0.2, -0.15) is 0 Å². The van der Waals surface area contributed by atoms with Gasteiger partial charge in [-0.05, 0) is 12.5 Å². The van der Waals surface area contributed by atoms with Crippen molar-refractivity contribution in [3.63, 3.8) is 0 Å². The zero-order chi connectivity index (χ0) is 10.0. The fraction of sp³-hybridized carbons (Fsp3) is 0.500. The monoisotopic (exact) mass is 191 g/mol. The summed E-state index contributed by atoms with van der Waals surface area (Å²) in [5, 5.41) is 3.32. The van der Waals surface area contributed by atoms with Crippen LogP contribution in [0.5, 0.6) is 0 Å². The lowest BCUT2D eigenvalue weighted by molar-refractivity contribution is 0.0947. The average Bonchev–Trinajstić information content (AvgIpc) is 2.11. The van der Waals surface area contributed by atoms with E-state index in [4.69, 9.17) is 4.74 Å². The molecular formula is C12H17NO. The molecule has 1 aliphatic heterocycles. The van der Waals surface area contributed by atoms with Gasteiger partial charge >= 0.3 is 0 Å². The van der Waals surface area contributed by atoms with Gasteiger partial charge in [-0.15, -0.1) is 0 Å². The number of methoxy groups -OCH3 is 1. The number of nitrogens with one attached hydrogen (secondary N) is 1. The molecular weight excluding hydrogens is 174 g/mol. The first-order valence-electron chi connectivity index (χ1n) is 5.04. The Bertz CT molecular complexity index is 318. The minimum Gasteiger partial charge on any atom is -0.384 e. The van der Waals surface area contributed by atoms with Gasteiger partial charge < -0.3 is 10.1 Å². The molecule has 2 rings (SSSR count). The molecule has 1 saturated heterocycles. The van der Waals surface area contributed by atoms with Gasteiger partial charge in [-0.3, -0.25) is 0 Å². The summed E-state index contributed by atoms with van der Waals surface area (Å²) in [7, 11) is 1.77. The number of hydrogen-bond donors (Lipinski definition) is 1. The molecule has 0 amide bonds. The van der Waals surface area contributed by atoms with Gasteiger partial charge in [0.1, 0.15) is 0 Å². The molecule has 76 valence electrons. The van der Waals surface area contributed by atoms with Crippen molar-refractivity contribution in [3.8, 4) is 0 Å². The van der Waals surface area contributed by atoms with Crippen LogP contribution in [-0.4, -0.2) is 26.8 Å². The van der Waals surface area contributed by atoms with E-state index in [1.165, 1.54) is 11.1 Å². The van der Waals surface area contributed by atoms with E-state index in [9.17, 15) is 0 Å². The summed E-state index contributed by atoms with van der Waals surface area (Å²) in [6, 6.07) is 8.73. The Morgan fingerprint density at radius 2 is 2.21 bits per heavy atom. The number of aryl methyl sites for hydroxylation is 1. The van der Waals surface area contributed by atoms with E-state index in [1.54, 1.807) is 7.11 Å². The predicted molar refractivity (Wildman–Crippen MR) is 57.6 cm³/mol. The number of ether oxygens (including phenoxy) is 1. The van der Waals surface area contributed by atoms with Gasteiger partial charge in [0.15, 0.2) is 0 Å². The molecule has 0 bridgehead atoms. The molecule has 0 aliphatic carbocycles. The minimum atomic E-state index is 0.223. The van der Waals surface area contributed by atoms with Crippen LogP contribution in [0, 0.1) is 6.92 Å². The van der Waals surface area contributed by atoms with Crippen LogP contribution in [0.4, 0.5) is 0 Å². The molecule has 1 aromatic rings. The lowest BCUT2D eigenvalue weighted by Crippen LogP contribution is -2.59. The first-order chi connectivity index (χ1) is 6.77. The molecule has 1 heterocycles. The maximum absolute atomic E-state index is 5.30. The summed E-state index contributed by atoms with van der Waals surface area (Å²) in [4.78, 5) is 0. The zero-order valence-electron chi connectivity index (χ0n) is 8.84. The van der Waals surface area contributed by atoms with E-state index >= 15 is 0 Å². The highest BCUT2D eigenvalue weighted by atomic mass is 16.5. The molecule has 2 heteroatoms. The molecule has 14 heavy (non-hydrogen) atoms. The molecule has 0 atom stereocenters. The van der Waals surface area contributed by atoms with Crippen LogP contribution in [0.25, 0.3) is 0 Å². The van der Waals surface area contributed by atoms with Crippen molar-refractivity contribution < 1.29 is 4.74 Å². The maximum Gasteiger partial charge on any atom is 0.0583 e. The Balaban J connectivity index is 2.27. The third kappa shape index (κ3) is 1.56. The van der Waals surface area contributed by atoms with Gasteiger partial charge in [-0.1, -0.05) is 29.8 Å². The van der Waals surface area contributed by atoms with E-state index in [0.717, 1.165) is 19.7 Å². The Morgan fingerprint density at radius 1 is 1.43 bits per heavy atom. The summed E-state index contributed by atoms with van der Waals surface area (Å²) in [5.41, 5.74) is 2.95. The fourth-order valence-corrected chi connectivity index (χ4v) is 2.07. The maximum atomic E-state index is 5.30. The standard InChI is InChI=1S/C12H17NO/c1-10-4-3-5-11(6-10)12(9-14-2)7-13-8-12/h3-6,13H,7-9H2,1-2H3. The SMILES string of the molecule is COCC1(c2cccc(C)c2)CNC1. The van der Waals surface area contributed by atoms with E-state index in [0.29, 0.717) is 0 Å². The number of rotatable bonds is 3. The molecule has 0 saturated carbocycles. The summed E-state index contributed by atoms with van der Waals surface area (Å²) in [6.07, 6.45) is 0. The fourth-order valence-electron chi connectivity index (χ4n) is 2.07. The van der Waals surface area contributed by atoms with Crippen LogP contribution in [0.3, 0.4) is 0 Å². The predicted octanol–water partition coefficient (Wildman–Crippen LogP) is 1.48. The van der Waals surface area contributed by atoms with E-state index in [1.807, 2.05) is 0 Å². The van der Waals surface area contributed by atoms with E-state index in [-0.39, 0.29) is 5.41 Å². The highest BCUT2D eigenvalue weighted by Gasteiger charge is 2.38. The lowest BCUT2D eigenvalue weighted by Gasteiger charge is -2.42. The molecule has 1 fully saturated rings. The Labute approximate surface area is 85.3 Å². The number of hydrogen-bond acceptors (Lipinski definition) is 2. The third-order valence-corrected chi connectivity index (χ3v) is 2.98. The second-order valence-electron chi connectivity index (χ2n) is 4.19. The Morgan fingerprint density at radius 3 is 2.71 bits per heavy atom. The summed E-state index contributed by atoms with van der Waals surface area (Å²) < 4.78 is 5.30. The molecule has 1 N–H and O–H groups in total. The van der Waals surface area contributed by atoms with Crippen LogP contribution in [0.1, 0.15) is 11.1 Å². The van der Waals surface area contributed by atoms with Gasteiger partial charge in [0.25, 0.3) is 0 Å². The molecule has 0 radical (unpaired) electrons. The van der Waals surface area contributed by atoms with Gasteiger partial charge in [0.2, 0.25) is 0 Å². The zero-order valence-corrected chi connectivity index (χ0v) is 8.84. The average molecular weight is 191 g/mol. The van der Waals surface area contributed by atoms with Crippen molar-refractivity contribution in [2.24, 2.45) is 0 Å². The van der Waals surface area contributed by atoms with Gasteiger partial charge in [0.05, 0.1) is 6.61 Å². The number of benzene rings is 1. The van der Waals surface area contributed by atoms with Crippen LogP contribution < -0.4 is 5.32 Å². The first-order valence-corrected chi connectivity index (χ1v) is 5.04. The highest BCUT2D eigenvalue weighted by Crippen LogP contribution is 2.29. The second-order valence-corrected chi connectivity index (χ2v) is 4.19. The smallest absolute Gasteiger partial charge is 0.0583 e. The summed E-state index contributed by atoms with van der Waals surface area (Å²) in [5.74, 6) is 0. The van der Waals surface area contributed by atoms with Crippen LogP contribution in [-0.2, 0) is 10.2 Å². The molecule has 2 nitrogen and oxygen atoms in total. The van der Waals surface area contributed by atoms with Crippen molar-refractivity contribution in [2.75, 3.05) is 26.8 Å². The van der Waals surface area contributed by atoms with E-state index in [2.05, 4.69) is 36.5 Å². The largest absolute Gasteiger partial charge is 0.384 e. The van der Waals surface area contributed by atoms with Crippen LogP contribution in [0.15, 0.2) is 24.3 Å². The van der Waals surface area contributed by atoms with Crippen molar-refractivity contribution in [1.82, 2.24) is 5.32 Å². The van der Waals surface area contributed by atoms with E-state index < -0.39 is 0 Å². The normalized spacial score (nSPS) is 19.0. The molecule has 1 aliphatic rings. The Kier molecular flexibility index (Phi) is 2.57. The van der Waals surface area contributed by atoms with Crippen LogP contribution >= 0.6 is 0 Å². The highest BCUT2D eigenvalue weighted by molar-refractivity contribution is 5.33.